The average molecular weight is 366 g/mol. The van der Waals surface area contributed by atoms with Crippen LogP contribution < -0.4 is 4.90 Å². The summed E-state index contributed by atoms with van der Waals surface area (Å²) in [6.45, 7) is 7.12. The molecule has 0 saturated carbocycles. The van der Waals surface area contributed by atoms with Gasteiger partial charge >= 0.3 is 0 Å². The second kappa shape index (κ2) is 7.44. The molecule has 1 saturated heterocycles. The first-order valence-corrected chi connectivity index (χ1v) is 9.19. The molecule has 0 unspecified atom stereocenters. The maximum Gasteiger partial charge on any atom is 0.228 e. The predicted octanol–water partition coefficient (Wildman–Crippen LogP) is 2.60. The molecule has 2 aromatic heterocycles. The van der Waals surface area contributed by atoms with E-state index in [1.54, 1.807) is 17.4 Å². The summed E-state index contributed by atoms with van der Waals surface area (Å²) in [6.07, 6.45) is 2.27. The molecule has 6 nitrogen and oxygen atoms in total. The van der Waals surface area contributed by atoms with Crippen LogP contribution >= 0.6 is 22.9 Å². The molecule has 0 atom stereocenters. The van der Waals surface area contributed by atoms with Crippen molar-refractivity contribution in [3.63, 3.8) is 0 Å². The van der Waals surface area contributed by atoms with E-state index in [0.717, 1.165) is 28.8 Å². The van der Waals surface area contributed by atoms with Crippen LogP contribution in [0, 0.1) is 0 Å². The molecule has 1 amide bonds. The van der Waals surface area contributed by atoms with Crippen LogP contribution in [-0.2, 0) is 11.2 Å². The number of nitrogens with zero attached hydrogens (tertiary/aromatic N) is 5. The quantitative estimate of drug-likeness (QED) is 0.833. The number of thiazole rings is 1. The van der Waals surface area contributed by atoms with Gasteiger partial charge < -0.3 is 9.80 Å². The number of hydrogen-bond donors (Lipinski definition) is 0. The lowest BCUT2D eigenvalue weighted by Gasteiger charge is -2.35. The number of aromatic nitrogens is 3. The number of piperazine rings is 1. The number of halogens is 1. The molecule has 0 N–H and O–H groups in total. The summed E-state index contributed by atoms with van der Waals surface area (Å²) in [7, 11) is 0. The van der Waals surface area contributed by atoms with Crippen LogP contribution in [0.3, 0.4) is 0 Å². The first-order valence-electron chi connectivity index (χ1n) is 7.99. The van der Waals surface area contributed by atoms with E-state index in [1.807, 2.05) is 17.2 Å². The molecular formula is C16H20ClN5OS. The zero-order valence-corrected chi connectivity index (χ0v) is 15.3. The Morgan fingerprint density at radius 1 is 1.25 bits per heavy atom. The van der Waals surface area contributed by atoms with Crippen LogP contribution in [0.1, 0.15) is 29.7 Å². The second-order valence-electron chi connectivity index (χ2n) is 6.08. The molecule has 3 heterocycles. The lowest BCUT2D eigenvalue weighted by Crippen LogP contribution is -2.49. The van der Waals surface area contributed by atoms with Crippen molar-refractivity contribution in [3.05, 3.63) is 33.4 Å². The van der Waals surface area contributed by atoms with Gasteiger partial charge in [0.25, 0.3) is 0 Å². The SMILES string of the molecule is CC(C)c1ncc(CC(=O)N2CCN(c3ccc(Cl)nn3)CC2)s1. The van der Waals surface area contributed by atoms with Crippen molar-refractivity contribution in [2.75, 3.05) is 31.1 Å². The lowest BCUT2D eigenvalue weighted by molar-refractivity contribution is -0.130. The van der Waals surface area contributed by atoms with Crippen molar-refractivity contribution in [2.24, 2.45) is 0 Å². The van der Waals surface area contributed by atoms with Crippen LogP contribution in [0.15, 0.2) is 18.3 Å². The number of anilines is 1. The molecule has 0 aromatic carbocycles. The van der Waals surface area contributed by atoms with E-state index < -0.39 is 0 Å². The van der Waals surface area contributed by atoms with Crippen LogP contribution in [0.25, 0.3) is 0 Å². The zero-order valence-electron chi connectivity index (χ0n) is 13.8. The summed E-state index contributed by atoms with van der Waals surface area (Å²) >= 11 is 7.40. The fourth-order valence-corrected chi connectivity index (χ4v) is 3.61. The summed E-state index contributed by atoms with van der Waals surface area (Å²) < 4.78 is 0. The highest BCUT2D eigenvalue weighted by Gasteiger charge is 2.22. The molecule has 0 spiro atoms. The molecule has 1 aliphatic heterocycles. The molecule has 3 rings (SSSR count). The molecule has 0 aliphatic carbocycles. The number of rotatable bonds is 4. The van der Waals surface area contributed by atoms with Crippen LogP contribution in [0.2, 0.25) is 5.15 Å². The van der Waals surface area contributed by atoms with E-state index in [2.05, 4.69) is 33.9 Å². The normalized spacial score (nSPS) is 15.2. The molecule has 128 valence electrons. The minimum absolute atomic E-state index is 0.163. The Hall–Kier alpha value is -1.73. The van der Waals surface area contributed by atoms with Gasteiger partial charge in [-0.1, -0.05) is 25.4 Å². The minimum Gasteiger partial charge on any atom is -0.352 e. The van der Waals surface area contributed by atoms with Gasteiger partial charge in [0, 0.05) is 43.2 Å². The van der Waals surface area contributed by atoms with Gasteiger partial charge in [-0.15, -0.1) is 21.5 Å². The third kappa shape index (κ3) is 4.02. The van der Waals surface area contributed by atoms with Gasteiger partial charge in [-0.2, -0.15) is 0 Å². The van der Waals surface area contributed by atoms with Crippen molar-refractivity contribution < 1.29 is 4.79 Å². The zero-order chi connectivity index (χ0) is 17.1. The van der Waals surface area contributed by atoms with Crippen molar-refractivity contribution in [3.8, 4) is 0 Å². The smallest absolute Gasteiger partial charge is 0.228 e. The summed E-state index contributed by atoms with van der Waals surface area (Å²) in [5, 5.41) is 9.44. The topological polar surface area (TPSA) is 62.2 Å². The third-order valence-corrected chi connectivity index (χ3v) is 5.46. The van der Waals surface area contributed by atoms with Crippen molar-refractivity contribution in [1.82, 2.24) is 20.1 Å². The van der Waals surface area contributed by atoms with Gasteiger partial charge in [0.1, 0.15) is 0 Å². The van der Waals surface area contributed by atoms with Crippen LogP contribution in [0.4, 0.5) is 5.82 Å². The standard InChI is InChI=1S/C16H20ClN5OS/c1-11(2)16-18-10-12(24-16)9-15(23)22-7-5-21(6-8-22)14-4-3-13(17)19-20-14/h3-4,10-11H,5-9H2,1-2H3. The molecule has 1 fully saturated rings. The van der Waals surface area contributed by atoms with E-state index >= 15 is 0 Å². The summed E-state index contributed by atoms with van der Waals surface area (Å²) in [5.41, 5.74) is 0. The monoisotopic (exact) mass is 365 g/mol. The van der Waals surface area contributed by atoms with Gasteiger partial charge in [0.15, 0.2) is 11.0 Å². The first-order chi connectivity index (χ1) is 11.5. The average Bonchev–Trinajstić information content (AvgIpc) is 3.04. The predicted molar refractivity (Wildman–Crippen MR) is 95.7 cm³/mol. The first kappa shape index (κ1) is 17.1. The highest BCUT2D eigenvalue weighted by molar-refractivity contribution is 7.11. The van der Waals surface area contributed by atoms with Crippen LogP contribution in [-0.4, -0.2) is 52.2 Å². The Labute approximate surface area is 150 Å². The minimum atomic E-state index is 0.163. The lowest BCUT2D eigenvalue weighted by atomic mass is 10.2. The maximum atomic E-state index is 12.5. The molecule has 0 radical (unpaired) electrons. The van der Waals surface area contributed by atoms with Gasteiger partial charge in [-0.25, -0.2) is 4.98 Å². The van der Waals surface area contributed by atoms with Crippen molar-refractivity contribution in [2.45, 2.75) is 26.2 Å². The second-order valence-corrected chi connectivity index (χ2v) is 7.61. The third-order valence-electron chi connectivity index (χ3n) is 3.97. The Morgan fingerprint density at radius 3 is 2.58 bits per heavy atom. The molecule has 2 aromatic rings. The van der Waals surface area contributed by atoms with Crippen molar-refractivity contribution >= 4 is 34.7 Å². The van der Waals surface area contributed by atoms with E-state index in [-0.39, 0.29) is 5.91 Å². The number of carbonyl (C=O) groups is 1. The number of hydrogen-bond acceptors (Lipinski definition) is 6. The van der Waals surface area contributed by atoms with E-state index in [9.17, 15) is 4.79 Å². The van der Waals surface area contributed by atoms with E-state index in [4.69, 9.17) is 11.6 Å². The molecule has 1 aliphatic rings. The largest absolute Gasteiger partial charge is 0.352 e. The van der Waals surface area contributed by atoms with Gasteiger partial charge in [-0.05, 0) is 12.1 Å². The highest BCUT2D eigenvalue weighted by atomic mass is 35.5. The molecule has 0 bridgehead atoms. The molecular weight excluding hydrogens is 346 g/mol. The summed E-state index contributed by atoms with van der Waals surface area (Å²) in [5.74, 6) is 1.37. The Balaban J connectivity index is 1.53. The van der Waals surface area contributed by atoms with Gasteiger partial charge in [0.2, 0.25) is 5.91 Å². The van der Waals surface area contributed by atoms with E-state index in [0.29, 0.717) is 30.6 Å². The number of amides is 1. The fraction of sp³-hybridized carbons (Fsp3) is 0.500. The number of carbonyl (C=O) groups excluding carboxylic acids is 1. The maximum absolute atomic E-state index is 12.5. The Kier molecular flexibility index (Phi) is 5.30. The Bertz CT molecular complexity index is 695. The van der Waals surface area contributed by atoms with Gasteiger partial charge in [-0.3, -0.25) is 4.79 Å². The van der Waals surface area contributed by atoms with E-state index in [1.165, 1.54) is 0 Å². The fourth-order valence-electron chi connectivity index (χ4n) is 2.59. The highest BCUT2D eigenvalue weighted by Crippen LogP contribution is 2.22. The van der Waals surface area contributed by atoms with Crippen molar-refractivity contribution in [1.29, 1.82) is 0 Å². The van der Waals surface area contributed by atoms with Gasteiger partial charge in [0.05, 0.1) is 11.4 Å². The van der Waals surface area contributed by atoms with Crippen LogP contribution in [0.5, 0.6) is 0 Å². The summed E-state index contributed by atoms with van der Waals surface area (Å²) in [4.78, 5) is 21.9. The molecule has 24 heavy (non-hydrogen) atoms. The summed E-state index contributed by atoms with van der Waals surface area (Å²) in [6, 6.07) is 3.59. The Morgan fingerprint density at radius 2 is 2.00 bits per heavy atom. The molecule has 8 heteroatoms.